The number of nitrogens with one attached hydrogen (secondary N) is 2. The number of rotatable bonds is 6. The largest absolute Gasteiger partial charge is 0.376 e. The molecule has 0 aliphatic carbocycles. The number of thiocarbonyl (C=S) groups is 1. The summed E-state index contributed by atoms with van der Waals surface area (Å²) >= 11 is 5.74. The molecule has 1 fully saturated rings. The molecule has 0 bridgehead atoms. The van der Waals surface area contributed by atoms with Crippen LogP contribution in [0, 0.1) is 13.8 Å². The summed E-state index contributed by atoms with van der Waals surface area (Å²) in [6, 6.07) is 16.4. The van der Waals surface area contributed by atoms with Gasteiger partial charge in [0.1, 0.15) is 0 Å². The van der Waals surface area contributed by atoms with Crippen molar-refractivity contribution in [3.8, 4) is 0 Å². The molecule has 4 rings (SSSR count). The van der Waals surface area contributed by atoms with Gasteiger partial charge in [-0.3, -0.25) is 4.79 Å². The normalized spacial score (nSPS) is 15.9. The van der Waals surface area contributed by atoms with Crippen molar-refractivity contribution in [2.24, 2.45) is 0 Å². The molecule has 162 valence electrons. The predicted octanol–water partition coefficient (Wildman–Crippen LogP) is 4.20. The smallest absolute Gasteiger partial charge is 0.253 e. The molecule has 31 heavy (non-hydrogen) atoms. The number of aromatic nitrogens is 1. The Balaban J connectivity index is 1.59. The molecule has 5 nitrogen and oxygen atoms in total. The molecule has 1 saturated heterocycles. The lowest BCUT2D eigenvalue weighted by Gasteiger charge is -2.27. The van der Waals surface area contributed by atoms with Crippen molar-refractivity contribution in [1.82, 2.24) is 15.2 Å². The Kier molecular flexibility index (Phi) is 6.68. The Hall–Kier alpha value is -2.70. The van der Waals surface area contributed by atoms with E-state index in [2.05, 4.69) is 46.4 Å². The summed E-state index contributed by atoms with van der Waals surface area (Å²) in [4.78, 5) is 18.0. The summed E-state index contributed by atoms with van der Waals surface area (Å²) in [5, 5.41) is 5.04. The molecule has 2 aromatic carbocycles. The van der Waals surface area contributed by atoms with Gasteiger partial charge in [-0.1, -0.05) is 42.0 Å². The zero-order valence-electron chi connectivity index (χ0n) is 18.1. The van der Waals surface area contributed by atoms with Crippen molar-refractivity contribution in [3.05, 3.63) is 81.1 Å². The van der Waals surface area contributed by atoms with E-state index in [1.807, 2.05) is 31.2 Å². The first-order valence-electron chi connectivity index (χ1n) is 10.8. The summed E-state index contributed by atoms with van der Waals surface area (Å²) in [5.74, 6) is 0. The lowest BCUT2D eigenvalue weighted by atomic mass is 10.1. The fourth-order valence-corrected chi connectivity index (χ4v) is 4.39. The number of fused-ring (bicyclic) bond motifs is 1. The van der Waals surface area contributed by atoms with Gasteiger partial charge < -0.3 is 19.9 Å². The molecular weight excluding hydrogens is 406 g/mol. The molecule has 0 saturated carbocycles. The Morgan fingerprint density at radius 3 is 2.74 bits per heavy atom. The number of hydrogen-bond acceptors (Lipinski definition) is 3. The SMILES string of the molecule is Cc1cc(C)c2[nH]c(=O)c(CN(Cc3ccccc3)C(=S)NCC3CCCO3)cc2c1. The Labute approximate surface area is 188 Å². The Bertz CT molecular complexity index is 1120. The highest BCUT2D eigenvalue weighted by Gasteiger charge is 2.18. The van der Waals surface area contributed by atoms with Crippen molar-refractivity contribution in [1.29, 1.82) is 0 Å². The minimum Gasteiger partial charge on any atom is -0.376 e. The molecule has 0 radical (unpaired) electrons. The molecular formula is C25H29N3O2S. The van der Waals surface area contributed by atoms with E-state index in [0.717, 1.165) is 41.5 Å². The Morgan fingerprint density at radius 2 is 2.00 bits per heavy atom. The number of aromatic amines is 1. The second-order valence-electron chi connectivity index (χ2n) is 8.33. The van der Waals surface area contributed by atoms with Gasteiger partial charge in [-0.05, 0) is 67.6 Å². The summed E-state index contributed by atoms with van der Waals surface area (Å²) in [7, 11) is 0. The number of nitrogens with zero attached hydrogens (tertiary/aromatic N) is 1. The lowest BCUT2D eigenvalue weighted by Crippen LogP contribution is -2.42. The average molecular weight is 436 g/mol. The van der Waals surface area contributed by atoms with Crippen LogP contribution in [-0.4, -0.2) is 34.3 Å². The molecule has 2 N–H and O–H groups in total. The van der Waals surface area contributed by atoms with Crippen LogP contribution >= 0.6 is 12.2 Å². The zero-order valence-corrected chi connectivity index (χ0v) is 18.9. The van der Waals surface area contributed by atoms with Gasteiger partial charge in [0, 0.05) is 25.3 Å². The van der Waals surface area contributed by atoms with E-state index in [9.17, 15) is 4.79 Å². The van der Waals surface area contributed by atoms with Crippen molar-refractivity contribution in [3.63, 3.8) is 0 Å². The van der Waals surface area contributed by atoms with Crippen LogP contribution in [0.1, 0.15) is 35.1 Å². The van der Waals surface area contributed by atoms with Crippen LogP contribution in [0.3, 0.4) is 0 Å². The van der Waals surface area contributed by atoms with E-state index >= 15 is 0 Å². The van der Waals surface area contributed by atoms with Crippen molar-refractivity contribution in [2.75, 3.05) is 13.2 Å². The highest BCUT2D eigenvalue weighted by molar-refractivity contribution is 7.80. The van der Waals surface area contributed by atoms with Gasteiger partial charge in [0.2, 0.25) is 0 Å². The topological polar surface area (TPSA) is 57.4 Å². The summed E-state index contributed by atoms with van der Waals surface area (Å²) in [6.07, 6.45) is 2.35. The number of aryl methyl sites for hydroxylation is 2. The first-order chi connectivity index (χ1) is 15.0. The molecule has 6 heteroatoms. The highest BCUT2D eigenvalue weighted by atomic mass is 32.1. The third-order valence-electron chi connectivity index (χ3n) is 5.74. The van der Waals surface area contributed by atoms with E-state index in [1.54, 1.807) is 0 Å². The van der Waals surface area contributed by atoms with Crippen LogP contribution in [0.25, 0.3) is 10.9 Å². The average Bonchev–Trinajstić information content (AvgIpc) is 3.27. The lowest BCUT2D eigenvalue weighted by molar-refractivity contribution is 0.113. The fourth-order valence-electron chi connectivity index (χ4n) is 4.18. The fraction of sp³-hybridized carbons (Fsp3) is 0.360. The first-order valence-corrected chi connectivity index (χ1v) is 11.2. The Morgan fingerprint density at radius 1 is 1.19 bits per heavy atom. The summed E-state index contributed by atoms with van der Waals surface area (Å²) in [6.45, 7) is 6.67. The maximum Gasteiger partial charge on any atom is 0.253 e. The zero-order chi connectivity index (χ0) is 21.8. The molecule has 1 unspecified atom stereocenters. The van der Waals surface area contributed by atoms with E-state index < -0.39 is 0 Å². The summed E-state index contributed by atoms with van der Waals surface area (Å²) < 4.78 is 5.71. The molecule has 1 aliphatic heterocycles. The molecule has 1 aliphatic rings. The van der Waals surface area contributed by atoms with Crippen LogP contribution < -0.4 is 10.9 Å². The van der Waals surface area contributed by atoms with Gasteiger partial charge >= 0.3 is 0 Å². The maximum atomic E-state index is 12.9. The molecule has 1 aromatic heterocycles. The van der Waals surface area contributed by atoms with Crippen LogP contribution in [-0.2, 0) is 17.8 Å². The number of hydrogen-bond donors (Lipinski definition) is 2. The van der Waals surface area contributed by atoms with Gasteiger partial charge in [-0.25, -0.2) is 0 Å². The second-order valence-corrected chi connectivity index (χ2v) is 8.72. The second kappa shape index (κ2) is 9.62. The monoisotopic (exact) mass is 435 g/mol. The van der Waals surface area contributed by atoms with Crippen LogP contribution in [0.5, 0.6) is 0 Å². The van der Waals surface area contributed by atoms with Gasteiger partial charge in [-0.2, -0.15) is 0 Å². The number of H-pyrrole nitrogens is 1. The van der Waals surface area contributed by atoms with Crippen LogP contribution in [0.4, 0.5) is 0 Å². The standard InChI is InChI=1S/C25H29N3O2S/c1-17-11-18(2)23-20(12-17)13-21(24(29)27-23)16-28(15-19-7-4-3-5-8-19)25(31)26-14-22-9-6-10-30-22/h3-5,7-8,11-13,22H,6,9-10,14-16H2,1-2H3,(H,26,31)(H,27,29). The van der Waals surface area contributed by atoms with Crippen molar-refractivity contribution in [2.45, 2.75) is 45.9 Å². The molecule has 2 heterocycles. The number of pyridine rings is 1. The van der Waals surface area contributed by atoms with Crippen molar-refractivity contribution < 1.29 is 4.74 Å². The number of ether oxygens (including phenoxy) is 1. The number of benzene rings is 2. The van der Waals surface area contributed by atoms with E-state index in [4.69, 9.17) is 17.0 Å². The quantitative estimate of drug-likeness (QED) is 0.569. The minimum atomic E-state index is -0.0700. The van der Waals surface area contributed by atoms with Gasteiger partial charge in [0.15, 0.2) is 5.11 Å². The van der Waals surface area contributed by atoms with E-state index in [0.29, 0.717) is 30.3 Å². The third-order valence-corrected chi connectivity index (χ3v) is 6.14. The maximum absolute atomic E-state index is 12.9. The van der Waals surface area contributed by atoms with E-state index in [-0.39, 0.29) is 11.7 Å². The van der Waals surface area contributed by atoms with Crippen LogP contribution in [0.2, 0.25) is 0 Å². The molecule has 3 aromatic rings. The van der Waals surface area contributed by atoms with Gasteiger partial charge in [0.25, 0.3) is 5.56 Å². The van der Waals surface area contributed by atoms with E-state index in [1.165, 1.54) is 5.56 Å². The minimum absolute atomic E-state index is 0.0700. The first kappa shape index (κ1) is 21.5. The molecule has 0 amide bonds. The third kappa shape index (κ3) is 5.32. The van der Waals surface area contributed by atoms with Crippen molar-refractivity contribution >= 4 is 28.2 Å². The summed E-state index contributed by atoms with van der Waals surface area (Å²) in [5.41, 5.74) is 4.93. The van der Waals surface area contributed by atoms with Gasteiger partial charge in [-0.15, -0.1) is 0 Å². The molecule has 1 atom stereocenters. The predicted molar refractivity (Wildman–Crippen MR) is 129 cm³/mol. The van der Waals surface area contributed by atoms with Gasteiger partial charge in [0.05, 0.1) is 18.2 Å². The molecule has 0 spiro atoms. The van der Waals surface area contributed by atoms with Crippen LogP contribution in [0.15, 0.2) is 53.3 Å². The highest BCUT2D eigenvalue weighted by Crippen LogP contribution is 2.19.